The molecule has 0 atom stereocenters. The summed E-state index contributed by atoms with van der Waals surface area (Å²) in [6.45, 7) is 4.27. The van der Waals surface area contributed by atoms with Gasteiger partial charge in [0.2, 0.25) is 0 Å². The Morgan fingerprint density at radius 1 is 0.875 bits per heavy atom. The van der Waals surface area contributed by atoms with Crippen molar-refractivity contribution in [3.8, 4) is 0 Å². The van der Waals surface area contributed by atoms with Gasteiger partial charge in [-0.3, -0.25) is 0 Å². The molecular weight excluding hydrogens is 368 g/mol. The van der Waals surface area contributed by atoms with Gasteiger partial charge in [-0.1, -0.05) is 0 Å². The van der Waals surface area contributed by atoms with Crippen LogP contribution in [0.4, 0.5) is 0 Å². The predicted molar refractivity (Wildman–Crippen MR) is 82.4 cm³/mol. The molecule has 0 amide bonds. The lowest BCUT2D eigenvalue weighted by atomic mass is 10.2. The van der Waals surface area contributed by atoms with E-state index in [-0.39, 0.29) is 0 Å². The molecule has 0 aliphatic heterocycles. The summed E-state index contributed by atoms with van der Waals surface area (Å²) in [7, 11) is 0. The number of thiophene rings is 2. The van der Waals surface area contributed by atoms with Gasteiger partial charge in [-0.05, 0) is 81.1 Å². The van der Waals surface area contributed by atoms with Gasteiger partial charge >= 0.3 is 0 Å². The summed E-state index contributed by atoms with van der Waals surface area (Å²) >= 11 is 10.6. The van der Waals surface area contributed by atoms with Gasteiger partial charge < -0.3 is 0 Å². The molecular formula is C12H10Br2S2. The molecule has 2 heterocycles. The summed E-state index contributed by atoms with van der Waals surface area (Å²) in [5.74, 6) is 0. The molecule has 0 spiro atoms. The van der Waals surface area contributed by atoms with Crippen LogP contribution in [0, 0.1) is 13.8 Å². The van der Waals surface area contributed by atoms with E-state index < -0.39 is 0 Å². The average molecular weight is 378 g/mol. The number of aryl methyl sites for hydroxylation is 2. The van der Waals surface area contributed by atoms with Crippen LogP contribution in [0.25, 0.3) is 12.2 Å². The summed E-state index contributed by atoms with van der Waals surface area (Å²) in [5, 5.41) is 0. The Bertz CT molecular complexity index is 487. The molecule has 2 aromatic heterocycles. The summed E-state index contributed by atoms with van der Waals surface area (Å²) in [6.07, 6.45) is 4.38. The highest BCUT2D eigenvalue weighted by molar-refractivity contribution is 9.11. The minimum absolute atomic E-state index is 1.19. The average Bonchev–Trinajstić information content (AvgIpc) is 2.66. The molecule has 0 aromatic carbocycles. The zero-order valence-corrected chi connectivity index (χ0v) is 13.7. The van der Waals surface area contributed by atoms with Crippen LogP contribution in [0.15, 0.2) is 19.7 Å². The van der Waals surface area contributed by atoms with Crippen molar-refractivity contribution in [2.45, 2.75) is 13.8 Å². The third kappa shape index (κ3) is 2.86. The Labute approximate surface area is 120 Å². The number of hydrogen-bond donors (Lipinski definition) is 0. The van der Waals surface area contributed by atoms with E-state index in [1.807, 2.05) is 0 Å². The summed E-state index contributed by atoms with van der Waals surface area (Å²) in [6, 6.07) is 4.31. The Hall–Kier alpha value is 0.1000. The molecule has 16 heavy (non-hydrogen) atoms. The van der Waals surface area contributed by atoms with E-state index in [9.17, 15) is 0 Å². The van der Waals surface area contributed by atoms with Crippen LogP contribution in [-0.2, 0) is 0 Å². The minimum Gasteiger partial charge on any atom is -0.129 e. The molecule has 0 radical (unpaired) electrons. The molecule has 0 nitrogen and oxygen atoms in total. The first-order valence-electron chi connectivity index (χ1n) is 4.76. The lowest BCUT2D eigenvalue weighted by Gasteiger charge is -1.90. The summed E-state index contributed by atoms with van der Waals surface area (Å²) < 4.78 is 2.38. The first kappa shape index (κ1) is 12.6. The van der Waals surface area contributed by atoms with E-state index in [4.69, 9.17) is 0 Å². The van der Waals surface area contributed by atoms with Crippen molar-refractivity contribution in [1.29, 1.82) is 0 Å². The van der Waals surface area contributed by atoms with Crippen molar-refractivity contribution < 1.29 is 0 Å². The molecule has 0 unspecified atom stereocenters. The van der Waals surface area contributed by atoms with Crippen molar-refractivity contribution in [3.63, 3.8) is 0 Å². The Morgan fingerprint density at radius 3 is 1.50 bits per heavy atom. The molecule has 2 rings (SSSR count). The van der Waals surface area contributed by atoms with E-state index in [0.717, 1.165) is 0 Å². The molecule has 0 saturated carbocycles. The third-order valence-electron chi connectivity index (χ3n) is 2.24. The summed E-state index contributed by atoms with van der Waals surface area (Å²) in [5.41, 5.74) is 2.64. The van der Waals surface area contributed by atoms with Crippen LogP contribution in [0.1, 0.15) is 20.9 Å². The fourth-order valence-corrected chi connectivity index (χ4v) is 4.73. The second-order valence-electron chi connectivity index (χ2n) is 3.53. The molecule has 0 saturated heterocycles. The van der Waals surface area contributed by atoms with Gasteiger partial charge in [0.05, 0.1) is 7.57 Å². The van der Waals surface area contributed by atoms with E-state index in [2.05, 4.69) is 70.0 Å². The smallest absolute Gasteiger partial charge is 0.0707 e. The molecule has 0 fully saturated rings. The first-order chi connectivity index (χ1) is 7.56. The molecule has 84 valence electrons. The van der Waals surface area contributed by atoms with Crippen LogP contribution < -0.4 is 0 Å². The van der Waals surface area contributed by atoms with E-state index in [1.54, 1.807) is 22.7 Å². The van der Waals surface area contributed by atoms with Crippen LogP contribution in [-0.4, -0.2) is 0 Å². The van der Waals surface area contributed by atoms with Gasteiger partial charge in [0.15, 0.2) is 0 Å². The maximum Gasteiger partial charge on any atom is 0.0707 e. The predicted octanol–water partition coefficient (Wildman–Crippen LogP) is 6.12. The summed E-state index contributed by atoms with van der Waals surface area (Å²) in [4.78, 5) is 2.63. The number of hydrogen-bond acceptors (Lipinski definition) is 2. The van der Waals surface area contributed by atoms with Crippen molar-refractivity contribution >= 4 is 66.7 Å². The van der Waals surface area contributed by atoms with Crippen LogP contribution in [0.5, 0.6) is 0 Å². The van der Waals surface area contributed by atoms with Crippen molar-refractivity contribution in [2.75, 3.05) is 0 Å². The van der Waals surface area contributed by atoms with Gasteiger partial charge in [0.1, 0.15) is 0 Å². The van der Waals surface area contributed by atoms with Crippen LogP contribution in [0.2, 0.25) is 0 Å². The molecule has 0 bridgehead atoms. The third-order valence-corrected chi connectivity index (χ3v) is 5.65. The molecule has 0 aliphatic carbocycles. The van der Waals surface area contributed by atoms with Gasteiger partial charge in [0.25, 0.3) is 0 Å². The van der Waals surface area contributed by atoms with E-state index in [0.29, 0.717) is 0 Å². The van der Waals surface area contributed by atoms with E-state index in [1.165, 1.54) is 28.5 Å². The van der Waals surface area contributed by atoms with Gasteiger partial charge in [-0.25, -0.2) is 0 Å². The normalized spacial score (nSPS) is 11.5. The molecule has 2 aromatic rings. The lowest BCUT2D eigenvalue weighted by molar-refractivity contribution is 1.52. The van der Waals surface area contributed by atoms with Crippen LogP contribution >= 0.6 is 54.5 Å². The zero-order valence-electron chi connectivity index (χ0n) is 8.88. The fourth-order valence-electron chi connectivity index (χ4n) is 1.40. The second kappa shape index (κ2) is 5.17. The fraction of sp³-hybridized carbons (Fsp3) is 0.167. The Morgan fingerprint density at radius 2 is 1.25 bits per heavy atom. The molecule has 0 N–H and O–H groups in total. The quantitative estimate of drug-likeness (QED) is 0.591. The maximum absolute atomic E-state index is 3.51. The first-order valence-corrected chi connectivity index (χ1v) is 7.98. The van der Waals surface area contributed by atoms with Crippen molar-refractivity contribution in [2.24, 2.45) is 0 Å². The number of halogens is 2. The Kier molecular flexibility index (Phi) is 4.06. The van der Waals surface area contributed by atoms with Crippen molar-refractivity contribution in [3.05, 3.63) is 40.6 Å². The van der Waals surface area contributed by atoms with Crippen molar-refractivity contribution in [1.82, 2.24) is 0 Å². The highest BCUT2D eigenvalue weighted by Crippen LogP contribution is 2.31. The molecule has 4 heteroatoms. The highest BCUT2D eigenvalue weighted by atomic mass is 79.9. The topological polar surface area (TPSA) is 0 Å². The monoisotopic (exact) mass is 376 g/mol. The van der Waals surface area contributed by atoms with E-state index >= 15 is 0 Å². The maximum atomic E-state index is 3.51. The SMILES string of the molecule is Cc1cc(Br)sc1C=Cc1sc(Br)cc1C. The lowest BCUT2D eigenvalue weighted by Crippen LogP contribution is -1.69. The molecule has 0 aliphatic rings. The Balaban J connectivity index is 2.27. The standard InChI is InChI=1S/C12H10Br2S2/c1-7-5-11(13)15-9(7)3-4-10-8(2)6-12(14)16-10/h3-6H,1-2H3. The van der Waals surface area contributed by atoms with Gasteiger partial charge in [0, 0.05) is 9.75 Å². The van der Waals surface area contributed by atoms with Crippen LogP contribution in [0.3, 0.4) is 0 Å². The second-order valence-corrected chi connectivity index (χ2v) is 8.45. The van der Waals surface area contributed by atoms with Gasteiger partial charge in [-0.2, -0.15) is 0 Å². The zero-order chi connectivity index (χ0) is 11.7. The van der Waals surface area contributed by atoms with Gasteiger partial charge in [-0.15, -0.1) is 22.7 Å². The largest absolute Gasteiger partial charge is 0.129 e. The highest BCUT2D eigenvalue weighted by Gasteiger charge is 2.02. The minimum atomic E-state index is 1.19. The number of rotatable bonds is 2.